The number of phosphoric acid groups is 1. The molecule has 13 nitrogen and oxygen atoms in total. The van der Waals surface area contributed by atoms with Crippen molar-refractivity contribution in [3.63, 3.8) is 0 Å². The Labute approximate surface area is 204 Å². The van der Waals surface area contributed by atoms with Crippen LogP contribution in [0.15, 0.2) is 43.1 Å². The normalized spacial score (nSPS) is 16.6. The quantitative estimate of drug-likeness (QED) is 0.270. The number of aliphatic hydroxyl groups excluding tert-OH is 1. The summed E-state index contributed by atoms with van der Waals surface area (Å²) < 4.78 is 66.3. The molecule has 2 aromatic heterocycles. The van der Waals surface area contributed by atoms with Gasteiger partial charge in [0.25, 0.3) is 0 Å². The third-order valence-corrected chi connectivity index (χ3v) is 4.68. The Hall–Kier alpha value is -3.76. The molecule has 198 valence electrons. The molecule has 37 heavy (non-hydrogen) atoms. The number of alkyl halides is 3. The molecule has 0 spiro atoms. The number of benzene rings is 1. The second kappa shape index (κ2) is 10.7. The van der Waals surface area contributed by atoms with E-state index in [1.807, 2.05) is 0 Å². The summed E-state index contributed by atoms with van der Waals surface area (Å²) in [6, 6.07) is 6.84. The van der Waals surface area contributed by atoms with E-state index in [1.54, 1.807) is 12.1 Å². The maximum Gasteiger partial charge on any atom is 0.466 e. The zero-order valence-corrected chi connectivity index (χ0v) is 19.2. The predicted molar refractivity (Wildman–Crippen MR) is 117 cm³/mol. The van der Waals surface area contributed by atoms with Crippen molar-refractivity contribution in [2.45, 2.75) is 18.4 Å². The van der Waals surface area contributed by atoms with Gasteiger partial charge in [0.05, 0.1) is 12.2 Å². The van der Waals surface area contributed by atoms with Crippen molar-refractivity contribution in [3.8, 4) is 22.6 Å². The highest BCUT2D eigenvalue weighted by Crippen LogP contribution is 2.32. The SMILES string of the molecule is C=Cn1nnc(-c2ccc(-c3ccc(N4C[C@H](C(O)C(F)(F)F)OC4=O)cc3F)cn2)n1.O=P(O)(O)O. The van der Waals surface area contributed by atoms with E-state index in [9.17, 15) is 27.5 Å². The predicted octanol–water partition coefficient (Wildman–Crippen LogP) is 1.96. The first-order valence-electron chi connectivity index (χ1n) is 9.87. The monoisotopic (exact) mass is 548 g/mol. The van der Waals surface area contributed by atoms with Gasteiger partial charge in [-0.3, -0.25) is 9.88 Å². The lowest BCUT2D eigenvalue weighted by atomic mass is 10.1. The number of aromatic nitrogens is 5. The van der Waals surface area contributed by atoms with E-state index in [4.69, 9.17) is 19.2 Å². The van der Waals surface area contributed by atoms with E-state index in [0.29, 0.717) is 11.3 Å². The van der Waals surface area contributed by atoms with E-state index >= 15 is 0 Å². The maximum absolute atomic E-state index is 14.7. The number of amides is 1. The number of tetrazole rings is 1. The molecule has 1 unspecified atom stereocenters. The zero-order valence-electron chi connectivity index (χ0n) is 18.3. The van der Waals surface area contributed by atoms with Crippen LogP contribution in [0.4, 0.5) is 28.0 Å². The van der Waals surface area contributed by atoms with Crippen LogP contribution in [0, 0.1) is 5.82 Å². The second-order valence-corrected chi connectivity index (χ2v) is 8.27. The minimum Gasteiger partial charge on any atom is -0.441 e. The van der Waals surface area contributed by atoms with Gasteiger partial charge in [-0.2, -0.15) is 13.2 Å². The fraction of sp³-hybridized carbons (Fsp3) is 0.211. The highest BCUT2D eigenvalue weighted by Gasteiger charge is 2.49. The van der Waals surface area contributed by atoms with Crippen molar-refractivity contribution in [3.05, 3.63) is 48.9 Å². The molecule has 3 aromatic rings. The van der Waals surface area contributed by atoms with Gasteiger partial charge < -0.3 is 24.5 Å². The number of aliphatic hydroxyl groups is 1. The number of rotatable bonds is 5. The molecular weight excluding hydrogens is 531 g/mol. The average Bonchev–Trinajstić information content (AvgIpc) is 3.44. The van der Waals surface area contributed by atoms with E-state index in [0.717, 1.165) is 15.8 Å². The summed E-state index contributed by atoms with van der Waals surface area (Å²) in [5, 5.41) is 20.9. The Balaban J connectivity index is 0.000000695. The molecule has 4 N–H and O–H groups in total. The summed E-state index contributed by atoms with van der Waals surface area (Å²) in [7, 11) is -4.64. The van der Waals surface area contributed by atoms with Crippen molar-refractivity contribution in [2.24, 2.45) is 0 Å². The maximum atomic E-state index is 14.7. The van der Waals surface area contributed by atoms with Crippen LogP contribution in [0.1, 0.15) is 0 Å². The van der Waals surface area contributed by atoms with Gasteiger partial charge in [0.2, 0.25) is 5.82 Å². The first-order chi connectivity index (χ1) is 17.2. The number of hydrogen-bond acceptors (Lipinski definition) is 8. The molecule has 18 heteroatoms. The van der Waals surface area contributed by atoms with Gasteiger partial charge in [0.1, 0.15) is 11.5 Å². The van der Waals surface area contributed by atoms with E-state index in [-0.39, 0.29) is 17.1 Å². The highest BCUT2D eigenvalue weighted by atomic mass is 31.2. The van der Waals surface area contributed by atoms with Gasteiger partial charge in [-0.25, -0.2) is 13.8 Å². The topological polar surface area (TPSA) is 184 Å². The number of anilines is 1. The summed E-state index contributed by atoms with van der Waals surface area (Å²) in [6.45, 7) is 2.93. The standard InChI is InChI=1S/C19H14F4N6O3.H3O4P/c1-2-29-26-17(25-27-29)14-6-3-10(8-24-14)12-5-4-11(7-13(12)20)28-9-15(32-18(28)31)16(30)19(21,22)23;1-5(2,3)4/h2-8,15-16,30H,1,9H2;(H3,1,2,3,4)/t15-,16?;/m1./s1. The Kier molecular flexibility index (Phi) is 8.04. The smallest absolute Gasteiger partial charge is 0.441 e. The number of halogens is 4. The van der Waals surface area contributed by atoms with Crippen LogP contribution in [0.25, 0.3) is 28.8 Å². The summed E-state index contributed by atoms with van der Waals surface area (Å²) in [4.78, 5) is 39.7. The van der Waals surface area contributed by atoms with Crippen LogP contribution >= 0.6 is 7.82 Å². The molecule has 0 radical (unpaired) electrons. The summed E-state index contributed by atoms with van der Waals surface area (Å²) in [5.41, 5.74) is 0.939. The van der Waals surface area contributed by atoms with Crippen LogP contribution in [0.3, 0.4) is 0 Å². The number of ether oxygens (including phenoxy) is 1. The molecule has 3 heterocycles. The summed E-state index contributed by atoms with van der Waals surface area (Å²) >= 11 is 0. The fourth-order valence-corrected chi connectivity index (χ4v) is 3.07. The molecule has 1 aliphatic rings. The average molecular weight is 548 g/mol. The first-order valence-corrected chi connectivity index (χ1v) is 11.4. The Morgan fingerprint density at radius 1 is 1.22 bits per heavy atom. The lowest BCUT2D eigenvalue weighted by molar-refractivity contribution is -0.224. The van der Waals surface area contributed by atoms with Crippen molar-refractivity contribution in [1.29, 1.82) is 0 Å². The van der Waals surface area contributed by atoms with E-state index < -0.39 is 44.7 Å². The third-order valence-electron chi connectivity index (χ3n) is 4.68. The third kappa shape index (κ3) is 7.14. The minimum atomic E-state index is -4.95. The second-order valence-electron chi connectivity index (χ2n) is 7.24. The van der Waals surface area contributed by atoms with Crippen molar-refractivity contribution >= 4 is 25.8 Å². The number of hydrogen-bond donors (Lipinski definition) is 4. The van der Waals surface area contributed by atoms with Gasteiger partial charge >= 0.3 is 20.1 Å². The number of cyclic esters (lactones) is 1. The molecule has 0 bridgehead atoms. The molecule has 0 saturated carbocycles. The van der Waals surface area contributed by atoms with Gasteiger partial charge in [0, 0.05) is 23.5 Å². The minimum absolute atomic E-state index is 0.0112. The van der Waals surface area contributed by atoms with Gasteiger partial charge in [0.15, 0.2) is 12.2 Å². The van der Waals surface area contributed by atoms with Crippen LogP contribution in [-0.4, -0.2) is 76.0 Å². The number of pyridine rings is 1. The van der Waals surface area contributed by atoms with Crippen molar-refractivity contribution < 1.29 is 51.4 Å². The molecule has 2 atom stereocenters. The molecule has 4 rings (SSSR count). The van der Waals surface area contributed by atoms with E-state index in [1.165, 1.54) is 24.5 Å². The Bertz CT molecular complexity index is 1320. The molecule has 0 aliphatic carbocycles. The molecule has 1 fully saturated rings. The van der Waals surface area contributed by atoms with Crippen LogP contribution in [0.5, 0.6) is 0 Å². The first kappa shape index (κ1) is 27.8. The highest BCUT2D eigenvalue weighted by molar-refractivity contribution is 7.45. The molecule has 1 aliphatic heterocycles. The van der Waals surface area contributed by atoms with Crippen LogP contribution < -0.4 is 4.90 Å². The summed E-state index contributed by atoms with van der Waals surface area (Å²) in [6.07, 6.45) is -7.98. The Morgan fingerprint density at radius 2 is 1.89 bits per heavy atom. The molecule has 1 amide bonds. The number of carbonyl (C=O) groups is 1. The largest absolute Gasteiger partial charge is 0.466 e. The van der Waals surface area contributed by atoms with E-state index in [2.05, 4.69) is 31.7 Å². The fourth-order valence-electron chi connectivity index (χ4n) is 3.07. The van der Waals surface area contributed by atoms with Crippen molar-refractivity contribution in [1.82, 2.24) is 25.2 Å². The van der Waals surface area contributed by atoms with Gasteiger partial charge in [-0.15, -0.1) is 15.0 Å². The number of carbonyl (C=O) groups excluding carboxylic acids is 1. The van der Waals surface area contributed by atoms with Gasteiger partial charge in [-0.05, 0) is 29.5 Å². The van der Waals surface area contributed by atoms with Crippen molar-refractivity contribution in [2.75, 3.05) is 11.4 Å². The van der Waals surface area contributed by atoms with Crippen LogP contribution in [0.2, 0.25) is 0 Å². The Morgan fingerprint density at radius 3 is 2.41 bits per heavy atom. The van der Waals surface area contributed by atoms with Crippen LogP contribution in [-0.2, 0) is 9.30 Å². The molecule has 1 saturated heterocycles. The zero-order chi connectivity index (χ0) is 27.5. The molecular formula is C19H17F4N6O7P. The lowest BCUT2D eigenvalue weighted by Crippen LogP contribution is -2.42. The lowest BCUT2D eigenvalue weighted by Gasteiger charge is -2.19. The molecule has 1 aromatic carbocycles. The number of nitrogens with zero attached hydrogens (tertiary/aromatic N) is 6. The summed E-state index contributed by atoms with van der Waals surface area (Å²) in [5.74, 6) is -0.490. The van der Waals surface area contributed by atoms with Gasteiger partial charge in [-0.1, -0.05) is 12.6 Å².